The molecule has 0 spiro atoms. The molecule has 1 aromatic heterocycles. The van der Waals surface area contributed by atoms with E-state index in [9.17, 15) is 4.79 Å². The predicted molar refractivity (Wildman–Crippen MR) is 120 cm³/mol. The van der Waals surface area contributed by atoms with E-state index < -0.39 is 0 Å². The normalized spacial score (nSPS) is 19.9. The summed E-state index contributed by atoms with van der Waals surface area (Å²) in [6.45, 7) is 8.50. The molecule has 2 aliphatic rings. The lowest BCUT2D eigenvalue weighted by molar-refractivity contribution is -0.118. The van der Waals surface area contributed by atoms with Crippen LogP contribution in [0.25, 0.3) is 11.3 Å². The fourth-order valence-electron chi connectivity index (χ4n) is 4.83. The van der Waals surface area contributed by atoms with Crippen LogP contribution in [0, 0.1) is 19.3 Å². The number of allylic oxidation sites excluding steroid dienone is 2. The number of fused-ring (bicyclic) bond motifs is 1. The van der Waals surface area contributed by atoms with E-state index in [1.54, 1.807) is 0 Å². The van der Waals surface area contributed by atoms with Gasteiger partial charge < -0.3 is 5.32 Å². The van der Waals surface area contributed by atoms with E-state index in [1.807, 2.05) is 0 Å². The Morgan fingerprint density at radius 2 is 1.57 bits per heavy atom. The lowest BCUT2D eigenvalue weighted by Crippen LogP contribution is -2.33. The van der Waals surface area contributed by atoms with Gasteiger partial charge in [0.2, 0.25) is 0 Å². The molecule has 4 nitrogen and oxygen atoms in total. The summed E-state index contributed by atoms with van der Waals surface area (Å²) >= 11 is 0. The minimum atomic E-state index is -0.115. The van der Waals surface area contributed by atoms with Crippen molar-refractivity contribution in [2.75, 3.05) is 5.32 Å². The number of aromatic nitrogens is 2. The lowest BCUT2D eigenvalue weighted by Gasteiger charge is -2.38. The highest BCUT2D eigenvalue weighted by molar-refractivity contribution is 6.02. The molecule has 2 heterocycles. The molecule has 2 N–H and O–H groups in total. The van der Waals surface area contributed by atoms with Crippen LogP contribution >= 0.6 is 0 Å². The fraction of sp³-hybridized carbons (Fsp3) is 0.308. The van der Waals surface area contributed by atoms with E-state index in [0.717, 1.165) is 45.9 Å². The van der Waals surface area contributed by atoms with E-state index in [1.165, 1.54) is 11.1 Å². The molecular formula is C26H27N3O. The number of anilines is 1. The van der Waals surface area contributed by atoms with Gasteiger partial charge in [-0.2, -0.15) is 5.10 Å². The van der Waals surface area contributed by atoms with Crippen molar-refractivity contribution in [2.45, 2.75) is 46.5 Å². The molecule has 3 aromatic rings. The van der Waals surface area contributed by atoms with Crippen molar-refractivity contribution in [1.29, 1.82) is 0 Å². The van der Waals surface area contributed by atoms with Gasteiger partial charge >= 0.3 is 0 Å². The number of nitrogens with one attached hydrogen (secondary N) is 2. The number of hydrogen-bond acceptors (Lipinski definition) is 3. The number of carbonyl (C=O) groups excluding carboxylic acids is 1. The number of H-pyrrole nitrogens is 1. The zero-order chi connectivity index (χ0) is 21.0. The third-order valence-corrected chi connectivity index (χ3v) is 6.32. The van der Waals surface area contributed by atoms with Crippen molar-refractivity contribution >= 4 is 11.6 Å². The number of aryl methyl sites for hydroxylation is 2. The zero-order valence-electron chi connectivity index (χ0n) is 18.0. The molecule has 2 aromatic carbocycles. The highest BCUT2D eigenvalue weighted by Gasteiger charge is 2.42. The first-order valence-corrected chi connectivity index (χ1v) is 10.6. The summed E-state index contributed by atoms with van der Waals surface area (Å²) in [5.41, 5.74) is 8.58. The van der Waals surface area contributed by atoms with Crippen LogP contribution in [-0.4, -0.2) is 16.0 Å². The molecular weight excluding hydrogens is 370 g/mol. The number of benzene rings is 2. The second kappa shape index (κ2) is 6.69. The molecule has 0 saturated carbocycles. The summed E-state index contributed by atoms with van der Waals surface area (Å²) in [5.74, 6) is 0.955. The van der Waals surface area contributed by atoms with Gasteiger partial charge in [0.1, 0.15) is 0 Å². The van der Waals surface area contributed by atoms with Gasteiger partial charge in [-0.25, -0.2) is 0 Å². The molecule has 1 aliphatic carbocycles. The summed E-state index contributed by atoms with van der Waals surface area (Å²) in [4.78, 5) is 13.4. The van der Waals surface area contributed by atoms with Gasteiger partial charge in [-0.3, -0.25) is 9.89 Å². The van der Waals surface area contributed by atoms with Crippen LogP contribution in [0.4, 0.5) is 5.82 Å². The van der Waals surface area contributed by atoms with Crippen LogP contribution in [-0.2, 0) is 4.79 Å². The zero-order valence-corrected chi connectivity index (χ0v) is 18.0. The standard InChI is InChI=1S/C26H27N3O/c1-15-5-9-17(10-6-15)21-22-19(13-26(3,4)14-20(22)30)27-25-23(21)24(28-29-25)18-11-7-16(2)8-12-18/h5-12,21H,13-14H2,1-4H3,(H2,27,28,29). The molecule has 0 amide bonds. The van der Waals surface area contributed by atoms with Gasteiger partial charge in [0.25, 0.3) is 0 Å². The van der Waals surface area contributed by atoms with Crippen LogP contribution < -0.4 is 5.32 Å². The summed E-state index contributed by atoms with van der Waals surface area (Å²) in [6.07, 6.45) is 1.42. The summed E-state index contributed by atoms with van der Waals surface area (Å²) in [7, 11) is 0. The van der Waals surface area contributed by atoms with Gasteiger partial charge in [0.15, 0.2) is 11.6 Å². The smallest absolute Gasteiger partial charge is 0.162 e. The molecule has 1 unspecified atom stereocenters. The fourth-order valence-corrected chi connectivity index (χ4v) is 4.83. The molecule has 1 atom stereocenters. The first-order chi connectivity index (χ1) is 14.3. The van der Waals surface area contributed by atoms with Gasteiger partial charge in [-0.05, 0) is 36.8 Å². The second-order valence-corrected chi connectivity index (χ2v) is 9.53. The molecule has 1 aliphatic heterocycles. The maximum absolute atomic E-state index is 13.4. The molecule has 0 radical (unpaired) electrons. The molecule has 0 bridgehead atoms. The minimum Gasteiger partial charge on any atom is -0.342 e. The third kappa shape index (κ3) is 3.07. The second-order valence-electron chi connectivity index (χ2n) is 9.53. The van der Waals surface area contributed by atoms with Crippen molar-refractivity contribution in [2.24, 2.45) is 5.41 Å². The van der Waals surface area contributed by atoms with Crippen LogP contribution in [0.2, 0.25) is 0 Å². The Morgan fingerprint density at radius 3 is 2.23 bits per heavy atom. The first-order valence-electron chi connectivity index (χ1n) is 10.6. The van der Waals surface area contributed by atoms with Gasteiger partial charge in [-0.15, -0.1) is 0 Å². The Balaban J connectivity index is 1.73. The number of carbonyl (C=O) groups is 1. The average molecular weight is 398 g/mol. The van der Waals surface area contributed by atoms with Crippen molar-refractivity contribution in [3.63, 3.8) is 0 Å². The third-order valence-electron chi connectivity index (χ3n) is 6.32. The van der Waals surface area contributed by atoms with E-state index in [2.05, 4.69) is 91.7 Å². The first kappa shape index (κ1) is 18.9. The van der Waals surface area contributed by atoms with Crippen LogP contribution in [0.3, 0.4) is 0 Å². The SMILES string of the molecule is Cc1ccc(-c2[nH]nc3c2C(c2ccc(C)cc2)C2=C(CC(C)(C)CC2=O)N3)cc1. The average Bonchev–Trinajstić information content (AvgIpc) is 3.10. The van der Waals surface area contributed by atoms with Gasteiger partial charge in [0, 0.05) is 29.2 Å². The minimum absolute atomic E-state index is 0.0473. The van der Waals surface area contributed by atoms with E-state index in [4.69, 9.17) is 0 Å². The summed E-state index contributed by atoms with van der Waals surface area (Å²) in [5, 5.41) is 11.4. The Bertz CT molecular complexity index is 1160. The highest BCUT2D eigenvalue weighted by Crippen LogP contribution is 2.50. The molecule has 4 heteroatoms. The Morgan fingerprint density at radius 1 is 0.933 bits per heavy atom. The Kier molecular flexibility index (Phi) is 4.21. The van der Waals surface area contributed by atoms with Crippen LogP contribution in [0.5, 0.6) is 0 Å². The number of aromatic amines is 1. The predicted octanol–water partition coefficient (Wildman–Crippen LogP) is 5.89. The summed E-state index contributed by atoms with van der Waals surface area (Å²) < 4.78 is 0. The quantitative estimate of drug-likeness (QED) is 0.566. The van der Waals surface area contributed by atoms with Crippen LogP contribution in [0.15, 0.2) is 59.8 Å². The molecule has 30 heavy (non-hydrogen) atoms. The van der Waals surface area contributed by atoms with Gasteiger partial charge in [-0.1, -0.05) is 73.5 Å². The number of hydrogen-bond donors (Lipinski definition) is 2. The maximum Gasteiger partial charge on any atom is 0.162 e. The van der Waals surface area contributed by atoms with E-state index >= 15 is 0 Å². The maximum atomic E-state index is 13.4. The van der Waals surface area contributed by atoms with Crippen molar-refractivity contribution in [3.05, 3.63) is 82.1 Å². The van der Waals surface area contributed by atoms with E-state index in [-0.39, 0.29) is 17.1 Å². The number of rotatable bonds is 2. The van der Waals surface area contributed by atoms with Crippen molar-refractivity contribution in [3.8, 4) is 11.3 Å². The highest BCUT2D eigenvalue weighted by atomic mass is 16.1. The summed E-state index contributed by atoms with van der Waals surface area (Å²) in [6, 6.07) is 17.0. The molecule has 152 valence electrons. The molecule has 5 rings (SSSR count). The Hall–Kier alpha value is -3.14. The van der Waals surface area contributed by atoms with E-state index in [0.29, 0.717) is 6.42 Å². The number of Topliss-reactive ketones (excluding diaryl/α,β-unsaturated/α-hetero) is 1. The van der Waals surface area contributed by atoms with Crippen LogP contribution in [0.1, 0.15) is 54.9 Å². The monoisotopic (exact) mass is 397 g/mol. The largest absolute Gasteiger partial charge is 0.342 e. The molecule has 0 fully saturated rings. The lowest BCUT2D eigenvalue weighted by atomic mass is 9.69. The number of ketones is 1. The number of nitrogens with zero attached hydrogens (tertiary/aromatic N) is 1. The Labute approximate surface area is 177 Å². The molecule has 0 saturated heterocycles. The topological polar surface area (TPSA) is 57.8 Å². The van der Waals surface area contributed by atoms with Crippen molar-refractivity contribution < 1.29 is 4.79 Å². The van der Waals surface area contributed by atoms with Gasteiger partial charge in [0.05, 0.1) is 5.69 Å². The van der Waals surface area contributed by atoms with Crippen molar-refractivity contribution in [1.82, 2.24) is 10.2 Å².